The number of hydrogen-bond acceptors (Lipinski definition) is 5. The molecule has 0 unspecified atom stereocenters. The highest BCUT2D eigenvalue weighted by atomic mass is 35.5. The van der Waals surface area contributed by atoms with E-state index in [2.05, 4.69) is 0 Å². The second-order valence-corrected chi connectivity index (χ2v) is 10.7. The van der Waals surface area contributed by atoms with Gasteiger partial charge in [-0.25, -0.2) is 16.8 Å². The average Bonchev–Trinajstić information content (AvgIpc) is 2.68. The molecule has 0 aromatic heterocycles. The minimum absolute atomic E-state index is 0.0492. The highest BCUT2D eigenvalue weighted by Gasteiger charge is 2.34. The van der Waals surface area contributed by atoms with Crippen molar-refractivity contribution in [1.82, 2.24) is 8.61 Å². The van der Waals surface area contributed by atoms with E-state index in [1.165, 1.54) is 33.9 Å². The number of benzene rings is 2. The number of halogens is 1. The quantitative estimate of drug-likeness (QED) is 0.706. The number of methoxy groups -OCH3 is 1. The molecule has 0 atom stereocenters. The lowest BCUT2D eigenvalue weighted by molar-refractivity contribution is 0.273. The Morgan fingerprint density at radius 2 is 1.29 bits per heavy atom. The standard InChI is InChI=1S/C18H21ClN2O5S2/c1-14-3-5-15(6-4-14)27(22,23)20-9-11-21(12-10-20)28(24,25)16-7-8-18(26-2)17(19)13-16/h3-8,13H,9-12H2,1-2H3. The molecular weight excluding hydrogens is 424 g/mol. The van der Waals surface area contributed by atoms with Crippen LogP contribution in [0, 0.1) is 6.92 Å². The first-order valence-corrected chi connectivity index (χ1v) is 11.8. The summed E-state index contributed by atoms with van der Waals surface area (Å²) < 4.78 is 58.9. The van der Waals surface area contributed by atoms with Crippen LogP contribution >= 0.6 is 11.6 Å². The van der Waals surface area contributed by atoms with E-state index in [0.717, 1.165) is 5.56 Å². The average molecular weight is 445 g/mol. The van der Waals surface area contributed by atoms with Gasteiger partial charge in [-0.15, -0.1) is 0 Å². The van der Waals surface area contributed by atoms with Crippen LogP contribution in [-0.2, 0) is 20.0 Å². The maximum absolute atomic E-state index is 12.9. The van der Waals surface area contributed by atoms with Crippen molar-refractivity contribution in [2.75, 3.05) is 33.3 Å². The van der Waals surface area contributed by atoms with Gasteiger partial charge >= 0.3 is 0 Å². The molecule has 0 N–H and O–H groups in total. The Morgan fingerprint density at radius 1 is 0.821 bits per heavy atom. The minimum Gasteiger partial charge on any atom is -0.495 e. The second kappa shape index (κ2) is 8.00. The van der Waals surface area contributed by atoms with Crippen LogP contribution in [0.2, 0.25) is 5.02 Å². The topological polar surface area (TPSA) is 84.0 Å². The number of sulfonamides is 2. The first-order chi connectivity index (χ1) is 13.2. The van der Waals surface area contributed by atoms with E-state index in [1.807, 2.05) is 6.92 Å². The third kappa shape index (κ3) is 4.04. The summed E-state index contributed by atoms with van der Waals surface area (Å²) in [4.78, 5) is 0.254. The smallest absolute Gasteiger partial charge is 0.243 e. The summed E-state index contributed by atoms with van der Waals surface area (Å²) in [5, 5.41) is 0.198. The van der Waals surface area contributed by atoms with E-state index >= 15 is 0 Å². The number of nitrogens with zero attached hydrogens (tertiary/aromatic N) is 2. The van der Waals surface area contributed by atoms with E-state index in [4.69, 9.17) is 16.3 Å². The van der Waals surface area contributed by atoms with Gasteiger partial charge in [-0.3, -0.25) is 0 Å². The Kier molecular flexibility index (Phi) is 6.02. The lowest BCUT2D eigenvalue weighted by Crippen LogP contribution is -2.50. The third-order valence-corrected chi connectivity index (χ3v) is 8.72. The zero-order valence-electron chi connectivity index (χ0n) is 15.5. The largest absolute Gasteiger partial charge is 0.495 e. The molecule has 3 rings (SSSR count). The van der Waals surface area contributed by atoms with Crippen LogP contribution in [0.3, 0.4) is 0 Å². The molecule has 0 saturated carbocycles. The van der Waals surface area contributed by atoms with Gasteiger partial charge in [0.1, 0.15) is 5.75 Å². The maximum atomic E-state index is 12.9. The van der Waals surface area contributed by atoms with E-state index in [9.17, 15) is 16.8 Å². The van der Waals surface area contributed by atoms with Crippen LogP contribution in [0.25, 0.3) is 0 Å². The number of aryl methyl sites for hydroxylation is 1. The molecule has 7 nitrogen and oxygen atoms in total. The Balaban J connectivity index is 1.75. The first-order valence-electron chi connectivity index (χ1n) is 8.57. The number of rotatable bonds is 5. The molecule has 0 bridgehead atoms. The van der Waals surface area contributed by atoms with Crippen LogP contribution in [0.15, 0.2) is 52.3 Å². The number of hydrogen-bond donors (Lipinski definition) is 0. The summed E-state index contributed by atoms with van der Waals surface area (Å²) in [6.07, 6.45) is 0. The van der Waals surface area contributed by atoms with Crippen molar-refractivity contribution in [3.05, 3.63) is 53.1 Å². The van der Waals surface area contributed by atoms with Gasteiger partial charge in [0.25, 0.3) is 0 Å². The van der Waals surface area contributed by atoms with Gasteiger partial charge < -0.3 is 4.74 Å². The van der Waals surface area contributed by atoms with Crippen molar-refractivity contribution in [1.29, 1.82) is 0 Å². The van der Waals surface area contributed by atoms with Crippen molar-refractivity contribution >= 4 is 31.6 Å². The zero-order valence-corrected chi connectivity index (χ0v) is 17.9. The van der Waals surface area contributed by atoms with Crippen LogP contribution in [0.5, 0.6) is 5.75 Å². The van der Waals surface area contributed by atoms with Crippen molar-refractivity contribution in [3.63, 3.8) is 0 Å². The molecule has 0 radical (unpaired) electrons. The predicted molar refractivity (Wildman–Crippen MR) is 107 cm³/mol. The summed E-state index contributed by atoms with van der Waals surface area (Å²) in [6.45, 7) is 2.18. The lowest BCUT2D eigenvalue weighted by atomic mass is 10.2. The van der Waals surface area contributed by atoms with E-state index < -0.39 is 20.0 Å². The van der Waals surface area contributed by atoms with Gasteiger partial charge in [0.05, 0.1) is 21.9 Å². The van der Waals surface area contributed by atoms with E-state index in [0.29, 0.717) is 5.75 Å². The van der Waals surface area contributed by atoms with Crippen LogP contribution in [0.4, 0.5) is 0 Å². The Hall–Kier alpha value is -1.65. The van der Waals surface area contributed by atoms with Crippen molar-refractivity contribution < 1.29 is 21.6 Å². The van der Waals surface area contributed by atoms with Gasteiger partial charge in [-0.05, 0) is 37.3 Å². The Labute approximate surface area is 170 Å². The first kappa shape index (κ1) is 21.1. The van der Waals surface area contributed by atoms with Crippen LogP contribution < -0.4 is 4.74 Å². The molecule has 10 heteroatoms. The fraction of sp³-hybridized carbons (Fsp3) is 0.333. The summed E-state index contributed by atoms with van der Waals surface area (Å²) in [5.74, 6) is 0.384. The molecule has 28 heavy (non-hydrogen) atoms. The SMILES string of the molecule is COc1ccc(S(=O)(=O)N2CCN(S(=O)(=O)c3ccc(C)cc3)CC2)cc1Cl. The molecule has 2 aromatic carbocycles. The molecule has 0 spiro atoms. The Bertz CT molecular complexity index is 1060. The molecule has 1 aliphatic rings. The molecule has 1 aliphatic heterocycles. The monoisotopic (exact) mass is 444 g/mol. The van der Waals surface area contributed by atoms with Crippen LogP contribution in [0.1, 0.15) is 5.56 Å². The fourth-order valence-electron chi connectivity index (χ4n) is 2.97. The summed E-state index contributed by atoms with van der Waals surface area (Å²) in [7, 11) is -5.98. The van der Waals surface area contributed by atoms with Gasteiger partial charge in [-0.1, -0.05) is 29.3 Å². The zero-order chi connectivity index (χ0) is 20.5. The van der Waals surface area contributed by atoms with Gasteiger partial charge in [0.15, 0.2) is 0 Å². The van der Waals surface area contributed by atoms with Crippen molar-refractivity contribution in [2.24, 2.45) is 0 Å². The molecule has 1 saturated heterocycles. The lowest BCUT2D eigenvalue weighted by Gasteiger charge is -2.33. The third-order valence-electron chi connectivity index (χ3n) is 4.62. The summed E-state index contributed by atoms with van der Waals surface area (Å²) >= 11 is 6.04. The molecule has 1 fully saturated rings. The molecule has 152 valence electrons. The second-order valence-electron chi connectivity index (χ2n) is 6.42. The molecule has 0 aliphatic carbocycles. The van der Waals surface area contributed by atoms with E-state index in [1.54, 1.807) is 24.3 Å². The van der Waals surface area contributed by atoms with Gasteiger partial charge in [0, 0.05) is 26.2 Å². The van der Waals surface area contributed by atoms with Crippen molar-refractivity contribution in [2.45, 2.75) is 16.7 Å². The summed E-state index contributed by atoms with van der Waals surface area (Å²) in [6, 6.07) is 10.9. The maximum Gasteiger partial charge on any atom is 0.243 e. The highest BCUT2D eigenvalue weighted by molar-refractivity contribution is 7.89. The Morgan fingerprint density at radius 3 is 1.75 bits per heavy atom. The fourth-order valence-corrected chi connectivity index (χ4v) is 6.16. The summed E-state index contributed by atoms with van der Waals surface area (Å²) in [5.41, 5.74) is 0.966. The highest BCUT2D eigenvalue weighted by Crippen LogP contribution is 2.29. The van der Waals surface area contributed by atoms with Crippen LogP contribution in [-0.4, -0.2) is 58.7 Å². The van der Waals surface area contributed by atoms with Gasteiger partial charge in [-0.2, -0.15) is 8.61 Å². The molecular formula is C18H21ClN2O5S2. The molecule has 2 aromatic rings. The number of piperazine rings is 1. The molecule has 1 heterocycles. The van der Waals surface area contributed by atoms with Gasteiger partial charge in [0.2, 0.25) is 20.0 Å². The molecule has 0 amide bonds. The van der Waals surface area contributed by atoms with E-state index in [-0.39, 0.29) is 41.0 Å². The van der Waals surface area contributed by atoms with Crippen molar-refractivity contribution in [3.8, 4) is 5.75 Å². The predicted octanol–water partition coefficient (Wildman–Crippen LogP) is 2.35. The normalized spacial score (nSPS) is 16.8. The number of ether oxygens (including phenoxy) is 1. The minimum atomic E-state index is -3.78.